The fraction of sp³-hybridized carbons (Fsp3) is 0.111. The SMILES string of the molecule is N.O=C1CC(=O)c2ccccc21. The van der Waals surface area contributed by atoms with E-state index in [1.165, 1.54) is 0 Å². The molecule has 0 saturated heterocycles. The van der Waals surface area contributed by atoms with Crippen molar-refractivity contribution in [2.75, 3.05) is 0 Å². The van der Waals surface area contributed by atoms with Gasteiger partial charge in [-0.1, -0.05) is 24.3 Å². The van der Waals surface area contributed by atoms with Crippen LogP contribution in [0.4, 0.5) is 0 Å². The molecule has 12 heavy (non-hydrogen) atoms. The van der Waals surface area contributed by atoms with Gasteiger partial charge in [0.2, 0.25) is 0 Å². The van der Waals surface area contributed by atoms with Gasteiger partial charge in [-0.25, -0.2) is 0 Å². The Morgan fingerprint density at radius 1 is 0.917 bits per heavy atom. The van der Waals surface area contributed by atoms with Gasteiger partial charge in [0.1, 0.15) is 0 Å². The highest BCUT2D eigenvalue weighted by atomic mass is 16.2. The number of Topliss-reactive ketones (excluding diaryl/α,β-unsaturated/α-hetero) is 2. The van der Waals surface area contributed by atoms with E-state index in [-0.39, 0.29) is 24.1 Å². The van der Waals surface area contributed by atoms with Crippen molar-refractivity contribution in [3.8, 4) is 0 Å². The van der Waals surface area contributed by atoms with Crippen LogP contribution in [0.25, 0.3) is 0 Å². The molecule has 0 atom stereocenters. The second kappa shape index (κ2) is 2.87. The molecule has 0 fully saturated rings. The molecular formula is C9H9NO2. The number of hydrogen-bond donors (Lipinski definition) is 1. The highest BCUT2D eigenvalue weighted by Gasteiger charge is 2.25. The molecule has 0 heterocycles. The molecule has 1 aromatic rings. The smallest absolute Gasteiger partial charge is 0.171 e. The van der Waals surface area contributed by atoms with Crippen molar-refractivity contribution in [3.05, 3.63) is 35.4 Å². The van der Waals surface area contributed by atoms with Crippen LogP contribution in [0.2, 0.25) is 0 Å². The molecular weight excluding hydrogens is 154 g/mol. The first-order valence-electron chi connectivity index (χ1n) is 3.44. The molecule has 0 radical (unpaired) electrons. The van der Waals surface area contributed by atoms with Crippen molar-refractivity contribution in [3.63, 3.8) is 0 Å². The molecule has 1 aromatic carbocycles. The molecule has 3 heteroatoms. The molecule has 2 rings (SSSR count). The maximum atomic E-state index is 11.1. The van der Waals surface area contributed by atoms with Gasteiger partial charge in [0.25, 0.3) is 0 Å². The van der Waals surface area contributed by atoms with Crippen LogP contribution in [-0.4, -0.2) is 11.6 Å². The average Bonchev–Trinajstić information content (AvgIpc) is 2.30. The van der Waals surface area contributed by atoms with E-state index in [1.807, 2.05) is 0 Å². The first-order chi connectivity index (χ1) is 5.29. The zero-order valence-corrected chi connectivity index (χ0v) is 6.54. The molecule has 62 valence electrons. The summed E-state index contributed by atoms with van der Waals surface area (Å²) < 4.78 is 0. The van der Waals surface area contributed by atoms with Gasteiger partial charge in [0, 0.05) is 11.1 Å². The molecule has 3 N–H and O–H groups in total. The Kier molecular flexibility index (Phi) is 2.06. The Labute approximate surface area is 70.0 Å². The summed E-state index contributed by atoms with van der Waals surface area (Å²) in [4.78, 5) is 22.1. The third-order valence-electron chi connectivity index (χ3n) is 1.85. The molecule has 0 unspecified atom stereocenters. The maximum Gasteiger partial charge on any atom is 0.171 e. The summed E-state index contributed by atoms with van der Waals surface area (Å²) in [6.45, 7) is 0. The lowest BCUT2D eigenvalue weighted by Crippen LogP contribution is -1.90. The van der Waals surface area contributed by atoms with Crippen molar-refractivity contribution < 1.29 is 9.59 Å². The fourth-order valence-corrected chi connectivity index (χ4v) is 1.31. The summed E-state index contributed by atoms with van der Waals surface area (Å²) in [5.74, 6) is -0.101. The number of ketones is 2. The molecule has 1 aliphatic rings. The summed E-state index contributed by atoms with van der Waals surface area (Å²) in [7, 11) is 0. The number of rotatable bonds is 0. The predicted molar refractivity (Wildman–Crippen MR) is 44.7 cm³/mol. The molecule has 0 amide bonds. The van der Waals surface area contributed by atoms with Gasteiger partial charge in [0.05, 0.1) is 6.42 Å². The minimum absolute atomic E-state index is 0. The van der Waals surface area contributed by atoms with Crippen LogP contribution >= 0.6 is 0 Å². The van der Waals surface area contributed by atoms with E-state index in [0.717, 1.165) is 0 Å². The Hall–Kier alpha value is -1.48. The van der Waals surface area contributed by atoms with Gasteiger partial charge in [-0.2, -0.15) is 0 Å². The number of carbonyl (C=O) groups is 2. The Bertz CT molecular complexity index is 311. The monoisotopic (exact) mass is 163 g/mol. The summed E-state index contributed by atoms with van der Waals surface area (Å²) >= 11 is 0. The van der Waals surface area contributed by atoms with Crippen LogP contribution in [0.1, 0.15) is 27.1 Å². The second-order valence-corrected chi connectivity index (χ2v) is 2.57. The minimum atomic E-state index is -0.0504. The van der Waals surface area contributed by atoms with E-state index in [4.69, 9.17) is 0 Å². The minimum Gasteiger partial charge on any atom is -0.344 e. The topological polar surface area (TPSA) is 69.1 Å². The van der Waals surface area contributed by atoms with E-state index in [2.05, 4.69) is 0 Å². The lowest BCUT2D eigenvalue weighted by atomic mass is 10.1. The van der Waals surface area contributed by atoms with Crippen molar-refractivity contribution in [1.82, 2.24) is 6.15 Å². The van der Waals surface area contributed by atoms with Gasteiger partial charge < -0.3 is 6.15 Å². The molecule has 1 aliphatic carbocycles. The van der Waals surface area contributed by atoms with Crippen LogP contribution < -0.4 is 6.15 Å². The van der Waals surface area contributed by atoms with Crippen LogP contribution in [0.3, 0.4) is 0 Å². The van der Waals surface area contributed by atoms with Crippen molar-refractivity contribution in [1.29, 1.82) is 0 Å². The van der Waals surface area contributed by atoms with E-state index in [9.17, 15) is 9.59 Å². The summed E-state index contributed by atoms with van der Waals surface area (Å²) in [5, 5.41) is 0. The van der Waals surface area contributed by atoms with Gasteiger partial charge >= 0.3 is 0 Å². The highest BCUT2D eigenvalue weighted by molar-refractivity contribution is 6.24. The van der Waals surface area contributed by atoms with E-state index in [0.29, 0.717) is 11.1 Å². The van der Waals surface area contributed by atoms with Gasteiger partial charge in [-0.05, 0) is 0 Å². The zero-order valence-electron chi connectivity index (χ0n) is 6.54. The van der Waals surface area contributed by atoms with E-state index >= 15 is 0 Å². The van der Waals surface area contributed by atoms with Gasteiger partial charge in [0.15, 0.2) is 11.6 Å². The van der Waals surface area contributed by atoms with E-state index < -0.39 is 0 Å². The number of carbonyl (C=O) groups excluding carboxylic acids is 2. The van der Waals surface area contributed by atoms with Crippen molar-refractivity contribution in [2.24, 2.45) is 0 Å². The number of benzene rings is 1. The Morgan fingerprint density at radius 3 is 1.75 bits per heavy atom. The standard InChI is InChI=1S/C9H6O2.H3N/c10-8-5-9(11)7-4-2-1-3-6(7)8;/h1-4H,5H2;1H3. The highest BCUT2D eigenvalue weighted by Crippen LogP contribution is 2.20. The first-order valence-corrected chi connectivity index (χ1v) is 3.44. The zero-order chi connectivity index (χ0) is 7.84. The van der Waals surface area contributed by atoms with Crippen LogP contribution in [-0.2, 0) is 0 Å². The van der Waals surface area contributed by atoms with Crippen LogP contribution in [0.5, 0.6) is 0 Å². The summed E-state index contributed by atoms with van der Waals surface area (Å²) in [6, 6.07) is 6.94. The molecule has 0 spiro atoms. The third-order valence-corrected chi connectivity index (χ3v) is 1.85. The Balaban J connectivity index is 0.000000720. The number of fused-ring (bicyclic) bond motifs is 1. The normalized spacial score (nSPS) is 14.0. The van der Waals surface area contributed by atoms with Gasteiger partial charge in [-0.3, -0.25) is 9.59 Å². The molecule has 0 aromatic heterocycles. The maximum absolute atomic E-state index is 11.1. The summed E-state index contributed by atoms with van der Waals surface area (Å²) in [6.07, 6.45) is 0.0549. The quantitative estimate of drug-likeness (QED) is 0.591. The largest absolute Gasteiger partial charge is 0.344 e. The number of hydrogen-bond acceptors (Lipinski definition) is 3. The van der Waals surface area contributed by atoms with Crippen molar-refractivity contribution >= 4 is 11.6 Å². The lowest BCUT2D eigenvalue weighted by molar-refractivity contribution is 0.0923. The molecule has 0 saturated carbocycles. The fourth-order valence-electron chi connectivity index (χ4n) is 1.31. The van der Waals surface area contributed by atoms with Crippen LogP contribution in [0, 0.1) is 0 Å². The molecule has 0 aliphatic heterocycles. The average molecular weight is 163 g/mol. The first kappa shape index (κ1) is 8.62. The molecule has 3 nitrogen and oxygen atoms in total. The van der Waals surface area contributed by atoms with E-state index in [1.54, 1.807) is 24.3 Å². The van der Waals surface area contributed by atoms with Crippen molar-refractivity contribution in [2.45, 2.75) is 6.42 Å². The summed E-state index contributed by atoms with van der Waals surface area (Å²) in [5.41, 5.74) is 1.16. The predicted octanol–water partition coefficient (Wildman–Crippen LogP) is 1.62. The molecule has 0 bridgehead atoms. The lowest BCUT2D eigenvalue weighted by Gasteiger charge is -1.90. The third kappa shape index (κ3) is 1.04. The van der Waals surface area contributed by atoms with Crippen LogP contribution in [0.15, 0.2) is 24.3 Å². The van der Waals surface area contributed by atoms with Gasteiger partial charge in [-0.15, -0.1) is 0 Å². The Morgan fingerprint density at radius 2 is 1.33 bits per heavy atom. The second-order valence-electron chi connectivity index (χ2n) is 2.57.